The Morgan fingerprint density at radius 2 is 1.97 bits per heavy atom. The first-order valence-electron chi connectivity index (χ1n) is 11.0. The summed E-state index contributed by atoms with van der Waals surface area (Å²) in [6, 6.07) is 9.50. The summed E-state index contributed by atoms with van der Waals surface area (Å²) in [6.45, 7) is 6.93. The molecule has 2 N–H and O–H groups in total. The van der Waals surface area contributed by atoms with Gasteiger partial charge in [0.15, 0.2) is 11.5 Å². The number of halogens is 2. The Hall–Kier alpha value is -2.34. The van der Waals surface area contributed by atoms with Gasteiger partial charge in [-0.3, -0.25) is 9.78 Å². The summed E-state index contributed by atoms with van der Waals surface area (Å²) in [5.41, 5.74) is 3.87. The molecule has 4 rings (SSSR count). The third-order valence-corrected chi connectivity index (χ3v) is 6.57. The van der Waals surface area contributed by atoms with E-state index in [1.165, 1.54) is 0 Å². The third-order valence-electron chi connectivity index (χ3n) is 5.99. The van der Waals surface area contributed by atoms with Gasteiger partial charge in [-0.25, -0.2) is 0 Å². The molecule has 0 aliphatic carbocycles. The summed E-state index contributed by atoms with van der Waals surface area (Å²) in [6.07, 6.45) is 4.98. The lowest BCUT2D eigenvalue weighted by Gasteiger charge is -2.34. The van der Waals surface area contributed by atoms with Crippen LogP contribution in [-0.2, 0) is 0 Å². The van der Waals surface area contributed by atoms with Crippen LogP contribution in [0.4, 0.5) is 5.69 Å². The first-order chi connectivity index (χ1) is 15.4. The maximum absolute atomic E-state index is 12.4. The number of rotatable bonds is 6. The molecule has 2 aromatic carbocycles. The first kappa shape index (κ1) is 22.8. The summed E-state index contributed by atoms with van der Waals surface area (Å²) in [7, 11) is 0. The van der Waals surface area contributed by atoms with Crippen molar-refractivity contribution in [3.63, 3.8) is 0 Å². The zero-order valence-corrected chi connectivity index (χ0v) is 19.8. The number of likely N-dealkylation sites (tertiary alicyclic amines) is 1. The number of fused-ring (bicyclic) bond motifs is 1. The number of phenols is 1. The number of nitrogens with zero attached hydrogens (tertiary/aromatic N) is 2. The number of anilines is 1. The van der Waals surface area contributed by atoms with Crippen LogP contribution < -0.4 is 5.32 Å². The SMILES string of the molecule is CCCN1CCCC(Nc2c(C(C)=O)cnc3ccc(-c4cc(Cl)c(O)c(Cl)c4)cc23)C1. The Labute approximate surface area is 198 Å². The van der Waals surface area contributed by atoms with E-state index in [1.54, 1.807) is 25.3 Å². The van der Waals surface area contributed by atoms with Crippen molar-refractivity contribution in [2.45, 2.75) is 39.2 Å². The van der Waals surface area contributed by atoms with Gasteiger partial charge in [0.05, 0.1) is 26.8 Å². The monoisotopic (exact) mass is 471 g/mol. The van der Waals surface area contributed by atoms with Gasteiger partial charge in [-0.15, -0.1) is 0 Å². The van der Waals surface area contributed by atoms with Crippen molar-refractivity contribution in [2.75, 3.05) is 25.0 Å². The molecule has 0 saturated carbocycles. The minimum absolute atomic E-state index is 0.0238. The average molecular weight is 472 g/mol. The maximum atomic E-state index is 12.4. The molecule has 168 valence electrons. The fourth-order valence-corrected chi connectivity index (χ4v) is 4.91. The summed E-state index contributed by atoms with van der Waals surface area (Å²) in [5.74, 6) is -0.154. The van der Waals surface area contributed by atoms with Crippen molar-refractivity contribution in [3.05, 3.63) is 52.1 Å². The number of Topliss-reactive ketones (excluding diaryl/α,β-unsaturated/α-hetero) is 1. The Bertz CT molecular complexity index is 1140. The number of piperidine rings is 1. The van der Waals surface area contributed by atoms with Crippen molar-refractivity contribution in [1.29, 1.82) is 0 Å². The van der Waals surface area contributed by atoms with Gasteiger partial charge in [0.25, 0.3) is 0 Å². The molecular weight excluding hydrogens is 445 g/mol. The van der Waals surface area contributed by atoms with Crippen LogP contribution >= 0.6 is 23.2 Å². The summed E-state index contributed by atoms with van der Waals surface area (Å²) in [5, 5.41) is 14.9. The van der Waals surface area contributed by atoms with E-state index in [0.717, 1.165) is 66.6 Å². The molecule has 0 amide bonds. The van der Waals surface area contributed by atoms with E-state index in [9.17, 15) is 9.90 Å². The fraction of sp³-hybridized carbons (Fsp3) is 0.360. The van der Waals surface area contributed by atoms with Gasteiger partial charge >= 0.3 is 0 Å². The highest BCUT2D eigenvalue weighted by atomic mass is 35.5. The molecular formula is C25H27Cl2N3O2. The van der Waals surface area contributed by atoms with Gasteiger partial charge in [-0.05, 0) is 74.7 Å². The molecule has 1 aliphatic rings. The highest BCUT2D eigenvalue weighted by molar-refractivity contribution is 6.37. The molecule has 0 spiro atoms. The Morgan fingerprint density at radius 3 is 2.66 bits per heavy atom. The van der Waals surface area contributed by atoms with E-state index < -0.39 is 0 Å². The van der Waals surface area contributed by atoms with Gasteiger partial charge in [0, 0.05) is 24.2 Å². The number of hydrogen-bond donors (Lipinski definition) is 2. The highest BCUT2D eigenvalue weighted by Gasteiger charge is 2.22. The second-order valence-corrected chi connectivity index (χ2v) is 9.22. The topological polar surface area (TPSA) is 65.5 Å². The fourth-order valence-electron chi connectivity index (χ4n) is 4.42. The normalized spacial score (nSPS) is 16.9. The number of nitrogens with one attached hydrogen (secondary N) is 1. The van der Waals surface area contributed by atoms with Crippen molar-refractivity contribution in [2.24, 2.45) is 0 Å². The van der Waals surface area contributed by atoms with Crippen molar-refractivity contribution in [1.82, 2.24) is 9.88 Å². The Kier molecular flexibility index (Phi) is 6.89. The number of aromatic nitrogens is 1. The summed E-state index contributed by atoms with van der Waals surface area (Å²) in [4.78, 5) is 19.4. The standard InChI is InChI=1S/C25H27Cl2N3O2/c1-3-8-30-9-4-5-18(14-30)29-24-19-10-16(17-11-21(26)25(32)22(27)12-17)6-7-23(19)28-13-20(24)15(2)31/h6-7,10-13,18,32H,3-5,8-9,14H2,1-2H3,(H,28,29). The second-order valence-electron chi connectivity index (χ2n) is 8.41. The zero-order chi connectivity index (χ0) is 22.8. The van der Waals surface area contributed by atoms with Crippen molar-refractivity contribution in [3.8, 4) is 16.9 Å². The predicted molar refractivity (Wildman–Crippen MR) is 132 cm³/mol. The van der Waals surface area contributed by atoms with Crippen LogP contribution in [0.3, 0.4) is 0 Å². The number of hydrogen-bond acceptors (Lipinski definition) is 5. The molecule has 0 bridgehead atoms. The van der Waals surface area contributed by atoms with Gasteiger partial charge < -0.3 is 15.3 Å². The van der Waals surface area contributed by atoms with Crippen LogP contribution in [-0.4, -0.2) is 46.4 Å². The third kappa shape index (κ3) is 4.70. The van der Waals surface area contributed by atoms with Crippen molar-refractivity contribution >= 4 is 45.6 Å². The molecule has 1 aliphatic heterocycles. The minimum atomic E-state index is -0.130. The number of phenolic OH excluding ortho intramolecular Hbond substituents is 1. The van der Waals surface area contributed by atoms with Gasteiger partial charge in [-0.2, -0.15) is 0 Å². The van der Waals surface area contributed by atoms with E-state index in [2.05, 4.69) is 22.1 Å². The van der Waals surface area contributed by atoms with Crippen LogP contribution in [0.5, 0.6) is 5.75 Å². The van der Waals surface area contributed by atoms with Crippen LogP contribution in [0, 0.1) is 0 Å². The van der Waals surface area contributed by atoms with Crippen molar-refractivity contribution < 1.29 is 9.90 Å². The van der Waals surface area contributed by atoms with Crippen LogP contribution in [0.2, 0.25) is 10.0 Å². The average Bonchev–Trinajstić information content (AvgIpc) is 2.77. The van der Waals surface area contributed by atoms with Crippen LogP contribution in [0.1, 0.15) is 43.5 Å². The molecule has 1 fully saturated rings. The quantitative estimate of drug-likeness (QED) is 0.406. The number of pyridine rings is 1. The number of ketones is 1. The molecule has 1 aromatic heterocycles. The maximum Gasteiger partial charge on any atom is 0.163 e. The van der Waals surface area contributed by atoms with E-state index in [-0.39, 0.29) is 27.6 Å². The lowest BCUT2D eigenvalue weighted by atomic mass is 9.98. The smallest absolute Gasteiger partial charge is 0.163 e. The zero-order valence-electron chi connectivity index (χ0n) is 18.3. The lowest BCUT2D eigenvalue weighted by Crippen LogP contribution is -2.42. The van der Waals surface area contributed by atoms with Crippen LogP contribution in [0.25, 0.3) is 22.0 Å². The summed E-state index contributed by atoms with van der Waals surface area (Å²) >= 11 is 12.3. The largest absolute Gasteiger partial charge is 0.505 e. The molecule has 1 saturated heterocycles. The lowest BCUT2D eigenvalue weighted by molar-refractivity contribution is 0.101. The van der Waals surface area contributed by atoms with Gasteiger partial charge in [0.2, 0.25) is 0 Å². The number of carbonyl (C=O) groups is 1. The highest BCUT2D eigenvalue weighted by Crippen LogP contribution is 2.38. The molecule has 2 heterocycles. The molecule has 32 heavy (non-hydrogen) atoms. The first-order valence-corrected chi connectivity index (χ1v) is 11.7. The van der Waals surface area contributed by atoms with Gasteiger partial charge in [-0.1, -0.05) is 36.2 Å². The number of benzene rings is 2. The van der Waals surface area contributed by atoms with E-state index >= 15 is 0 Å². The molecule has 1 atom stereocenters. The Balaban J connectivity index is 1.78. The second kappa shape index (κ2) is 9.65. The number of aromatic hydroxyl groups is 1. The molecule has 5 nitrogen and oxygen atoms in total. The molecule has 1 unspecified atom stereocenters. The number of carbonyl (C=O) groups excluding carboxylic acids is 1. The minimum Gasteiger partial charge on any atom is -0.505 e. The predicted octanol–water partition coefficient (Wildman–Crippen LogP) is 6.40. The van der Waals surface area contributed by atoms with Crippen LogP contribution in [0.15, 0.2) is 36.5 Å². The molecule has 3 aromatic rings. The summed E-state index contributed by atoms with van der Waals surface area (Å²) < 4.78 is 0. The molecule has 0 radical (unpaired) electrons. The van der Waals surface area contributed by atoms with E-state index in [0.29, 0.717) is 5.56 Å². The van der Waals surface area contributed by atoms with E-state index in [4.69, 9.17) is 23.2 Å². The van der Waals surface area contributed by atoms with Gasteiger partial charge in [0.1, 0.15) is 0 Å². The van der Waals surface area contributed by atoms with E-state index in [1.807, 2.05) is 18.2 Å². The Morgan fingerprint density at radius 1 is 1.22 bits per heavy atom. The molecule has 7 heteroatoms.